The molecule has 1 amide bonds. The molecule has 0 radical (unpaired) electrons. The van der Waals surface area contributed by atoms with Gasteiger partial charge in [0.05, 0.1) is 5.75 Å². The van der Waals surface area contributed by atoms with E-state index in [0.717, 1.165) is 18.8 Å². The van der Waals surface area contributed by atoms with Crippen molar-refractivity contribution in [3.8, 4) is 0 Å². The minimum Gasteiger partial charge on any atom is -0.396 e. The molecule has 108 valence electrons. The molecule has 3 nitrogen and oxygen atoms in total. The maximum Gasteiger partial charge on any atom is 0.230 e. The van der Waals surface area contributed by atoms with Crippen molar-refractivity contribution in [2.75, 3.05) is 12.4 Å². The van der Waals surface area contributed by atoms with Crippen LogP contribution in [0, 0.1) is 5.92 Å². The molecule has 0 spiro atoms. The monoisotopic (exact) mass is 275 g/mol. The second-order valence-corrected chi connectivity index (χ2v) is 6.85. The summed E-state index contributed by atoms with van der Waals surface area (Å²) in [5.74, 6) is 1.35. The van der Waals surface area contributed by atoms with E-state index in [1.54, 1.807) is 11.8 Å². The molecule has 0 aliphatic heterocycles. The first-order valence-electron chi connectivity index (χ1n) is 6.97. The van der Waals surface area contributed by atoms with Gasteiger partial charge in [0.25, 0.3) is 0 Å². The van der Waals surface area contributed by atoms with Gasteiger partial charge in [-0.25, -0.2) is 0 Å². The second kappa shape index (κ2) is 10.7. The van der Waals surface area contributed by atoms with Crippen molar-refractivity contribution in [2.24, 2.45) is 5.92 Å². The minimum atomic E-state index is 0.113. The van der Waals surface area contributed by atoms with Gasteiger partial charge in [-0.3, -0.25) is 4.79 Å². The third-order valence-electron chi connectivity index (χ3n) is 2.86. The normalized spacial score (nSPS) is 14.6. The maximum atomic E-state index is 11.7. The van der Waals surface area contributed by atoms with Gasteiger partial charge >= 0.3 is 0 Å². The summed E-state index contributed by atoms with van der Waals surface area (Å²) in [5.41, 5.74) is 0. The zero-order valence-corrected chi connectivity index (χ0v) is 13.1. The van der Waals surface area contributed by atoms with Crippen LogP contribution in [-0.4, -0.2) is 34.7 Å². The number of thioether (sulfide) groups is 1. The number of rotatable bonds is 10. The third kappa shape index (κ3) is 10.9. The highest BCUT2D eigenvalue weighted by Crippen LogP contribution is 2.13. The number of aliphatic hydroxyl groups excluding tert-OH is 1. The van der Waals surface area contributed by atoms with Gasteiger partial charge in [-0.15, -0.1) is 11.8 Å². The SMILES string of the molecule is CC(C)CCCC(C)NC(=O)CSC(C)CCO. The summed E-state index contributed by atoms with van der Waals surface area (Å²) in [6.07, 6.45) is 4.21. The van der Waals surface area contributed by atoms with E-state index in [1.165, 1.54) is 12.8 Å². The minimum absolute atomic E-state index is 0.113. The molecule has 0 bridgehead atoms. The van der Waals surface area contributed by atoms with Gasteiger partial charge in [-0.1, -0.05) is 33.6 Å². The number of carbonyl (C=O) groups is 1. The molecule has 0 aromatic heterocycles. The van der Waals surface area contributed by atoms with Crippen LogP contribution in [0.4, 0.5) is 0 Å². The molecule has 0 fully saturated rings. The summed E-state index contributed by atoms with van der Waals surface area (Å²) in [4.78, 5) is 11.7. The van der Waals surface area contributed by atoms with Gasteiger partial charge in [0.1, 0.15) is 0 Å². The van der Waals surface area contributed by atoms with Crippen molar-refractivity contribution in [3.63, 3.8) is 0 Å². The Morgan fingerprint density at radius 2 is 1.83 bits per heavy atom. The second-order valence-electron chi connectivity index (χ2n) is 5.43. The molecule has 2 unspecified atom stereocenters. The maximum absolute atomic E-state index is 11.7. The predicted octanol–water partition coefficient (Wildman–Crippen LogP) is 2.82. The summed E-state index contributed by atoms with van der Waals surface area (Å²) in [6.45, 7) is 8.76. The van der Waals surface area contributed by atoms with Crippen molar-refractivity contribution in [2.45, 2.75) is 64.7 Å². The fraction of sp³-hybridized carbons (Fsp3) is 0.929. The highest BCUT2D eigenvalue weighted by Gasteiger charge is 2.10. The van der Waals surface area contributed by atoms with Crippen LogP contribution in [0.5, 0.6) is 0 Å². The highest BCUT2D eigenvalue weighted by molar-refractivity contribution is 8.00. The Morgan fingerprint density at radius 3 is 2.39 bits per heavy atom. The predicted molar refractivity (Wildman–Crippen MR) is 79.9 cm³/mol. The lowest BCUT2D eigenvalue weighted by atomic mass is 10.0. The van der Waals surface area contributed by atoms with Gasteiger partial charge in [0.2, 0.25) is 5.91 Å². The molecule has 0 aromatic carbocycles. The Morgan fingerprint density at radius 1 is 1.17 bits per heavy atom. The molecule has 0 saturated heterocycles. The zero-order valence-electron chi connectivity index (χ0n) is 12.2. The van der Waals surface area contributed by atoms with E-state index in [0.29, 0.717) is 11.0 Å². The van der Waals surface area contributed by atoms with Gasteiger partial charge < -0.3 is 10.4 Å². The first kappa shape index (κ1) is 17.8. The van der Waals surface area contributed by atoms with E-state index >= 15 is 0 Å². The lowest BCUT2D eigenvalue weighted by molar-refractivity contribution is -0.119. The number of aliphatic hydroxyl groups is 1. The Hall–Kier alpha value is -0.220. The van der Waals surface area contributed by atoms with Crippen LogP contribution in [0.15, 0.2) is 0 Å². The Bertz CT molecular complexity index is 222. The number of amides is 1. The van der Waals surface area contributed by atoms with Gasteiger partial charge in [0, 0.05) is 17.9 Å². The fourth-order valence-corrected chi connectivity index (χ4v) is 2.50. The van der Waals surface area contributed by atoms with Crippen LogP contribution in [-0.2, 0) is 4.79 Å². The molecular weight excluding hydrogens is 246 g/mol. The third-order valence-corrected chi connectivity index (χ3v) is 4.09. The number of nitrogens with one attached hydrogen (secondary N) is 1. The Labute approximate surface area is 116 Å². The van der Waals surface area contributed by atoms with E-state index < -0.39 is 0 Å². The average Bonchev–Trinajstić information content (AvgIpc) is 2.26. The molecule has 0 rings (SSSR count). The number of hydrogen-bond acceptors (Lipinski definition) is 3. The standard InChI is InChI=1S/C14H29NO2S/c1-11(2)6-5-7-12(3)15-14(17)10-18-13(4)8-9-16/h11-13,16H,5-10H2,1-4H3,(H,15,17). The lowest BCUT2D eigenvalue weighted by Gasteiger charge is -2.15. The van der Waals surface area contributed by atoms with Crippen molar-refractivity contribution in [1.29, 1.82) is 0 Å². The van der Waals surface area contributed by atoms with Crippen LogP contribution >= 0.6 is 11.8 Å². The van der Waals surface area contributed by atoms with Crippen molar-refractivity contribution in [1.82, 2.24) is 5.32 Å². The summed E-state index contributed by atoms with van der Waals surface area (Å²) in [7, 11) is 0. The van der Waals surface area contributed by atoms with Crippen LogP contribution in [0.25, 0.3) is 0 Å². The molecule has 0 aliphatic rings. The van der Waals surface area contributed by atoms with Crippen molar-refractivity contribution in [3.05, 3.63) is 0 Å². The van der Waals surface area contributed by atoms with Crippen molar-refractivity contribution < 1.29 is 9.90 Å². The smallest absolute Gasteiger partial charge is 0.230 e. The molecule has 0 saturated carbocycles. The van der Waals surface area contributed by atoms with Gasteiger partial charge in [0.15, 0.2) is 0 Å². The zero-order chi connectivity index (χ0) is 14.0. The van der Waals surface area contributed by atoms with Crippen molar-refractivity contribution >= 4 is 17.7 Å². The van der Waals surface area contributed by atoms with Gasteiger partial charge in [-0.05, 0) is 25.7 Å². The largest absolute Gasteiger partial charge is 0.396 e. The number of carbonyl (C=O) groups excluding carboxylic acids is 1. The average molecular weight is 275 g/mol. The fourth-order valence-electron chi connectivity index (χ4n) is 1.70. The summed E-state index contributed by atoms with van der Waals surface area (Å²) in [6, 6.07) is 0.269. The van der Waals surface area contributed by atoms with E-state index in [-0.39, 0.29) is 18.6 Å². The topological polar surface area (TPSA) is 49.3 Å². The first-order chi connectivity index (χ1) is 8.45. The number of hydrogen-bond donors (Lipinski definition) is 2. The molecule has 18 heavy (non-hydrogen) atoms. The molecule has 4 heteroatoms. The molecule has 0 aliphatic carbocycles. The Balaban J connectivity index is 3.60. The quantitative estimate of drug-likeness (QED) is 0.644. The Kier molecular flexibility index (Phi) is 10.5. The molecule has 2 atom stereocenters. The van der Waals surface area contributed by atoms with E-state index in [9.17, 15) is 4.79 Å². The molecule has 0 aromatic rings. The van der Waals surface area contributed by atoms with E-state index in [2.05, 4.69) is 26.1 Å². The van der Waals surface area contributed by atoms with Crippen LogP contribution in [0.2, 0.25) is 0 Å². The molecule has 0 heterocycles. The summed E-state index contributed by atoms with van der Waals surface area (Å²) >= 11 is 1.61. The van der Waals surface area contributed by atoms with E-state index in [4.69, 9.17) is 5.11 Å². The first-order valence-corrected chi connectivity index (χ1v) is 8.02. The van der Waals surface area contributed by atoms with Crippen LogP contribution < -0.4 is 5.32 Å². The lowest BCUT2D eigenvalue weighted by Crippen LogP contribution is -2.34. The summed E-state index contributed by atoms with van der Waals surface area (Å²) in [5, 5.41) is 12.1. The van der Waals surface area contributed by atoms with Crippen LogP contribution in [0.3, 0.4) is 0 Å². The molecule has 2 N–H and O–H groups in total. The molecular formula is C14H29NO2S. The summed E-state index contributed by atoms with van der Waals surface area (Å²) < 4.78 is 0. The van der Waals surface area contributed by atoms with Gasteiger partial charge in [-0.2, -0.15) is 0 Å². The highest BCUT2D eigenvalue weighted by atomic mass is 32.2. The van der Waals surface area contributed by atoms with Crippen LogP contribution in [0.1, 0.15) is 53.4 Å². The van der Waals surface area contributed by atoms with E-state index in [1.807, 2.05) is 6.92 Å².